The molecule has 0 spiro atoms. The number of benzene rings is 2. The summed E-state index contributed by atoms with van der Waals surface area (Å²) in [6, 6.07) is 13.8. The number of carbonyl (C=O) groups excluding carboxylic acids is 2. The first-order valence-corrected chi connectivity index (χ1v) is 12.5. The number of hydrogen-bond acceptors (Lipinski definition) is 7. The molecule has 2 N–H and O–H groups in total. The van der Waals surface area contributed by atoms with Crippen LogP contribution in [0.1, 0.15) is 25.7 Å². The second-order valence-corrected chi connectivity index (χ2v) is 9.28. The molecule has 39 heavy (non-hydrogen) atoms. The zero-order valence-corrected chi connectivity index (χ0v) is 21.2. The Bertz CT molecular complexity index is 1410. The van der Waals surface area contributed by atoms with Crippen LogP contribution in [-0.4, -0.2) is 66.0 Å². The predicted octanol–water partition coefficient (Wildman–Crippen LogP) is 4.07. The minimum atomic E-state index is -4.57. The molecule has 2 aromatic heterocycles. The van der Waals surface area contributed by atoms with Crippen molar-refractivity contribution in [2.45, 2.75) is 12.7 Å². The van der Waals surface area contributed by atoms with Gasteiger partial charge in [-0.1, -0.05) is 23.4 Å². The lowest BCUT2D eigenvalue weighted by atomic mass is 10.1. The largest absolute Gasteiger partial charge is 0.489 e. The molecule has 0 saturated heterocycles. The van der Waals surface area contributed by atoms with Gasteiger partial charge in [0.1, 0.15) is 31.3 Å². The number of carbonyl (C=O) groups is 2. The van der Waals surface area contributed by atoms with E-state index in [-0.39, 0.29) is 42.5 Å². The van der Waals surface area contributed by atoms with E-state index < -0.39 is 31.2 Å². The van der Waals surface area contributed by atoms with Crippen molar-refractivity contribution in [3.05, 3.63) is 70.9 Å². The molecule has 0 bridgehead atoms. The molecule has 0 saturated carbocycles. The molecule has 206 valence electrons. The molecule has 9 nitrogen and oxygen atoms in total. The SMILES string of the molecule is O=C(NCC(F)(F)F)c1ccc(-n2cc(C(=O)NCc3cc4ccccc4s3)nn2)c(OCCOCCF)c1. The summed E-state index contributed by atoms with van der Waals surface area (Å²) in [7, 11) is 0. The van der Waals surface area contributed by atoms with Crippen molar-refractivity contribution in [3.8, 4) is 11.4 Å². The van der Waals surface area contributed by atoms with Crippen LogP contribution in [-0.2, 0) is 11.3 Å². The Morgan fingerprint density at radius 3 is 2.59 bits per heavy atom. The molecule has 2 aromatic carbocycles. The number of thiophene rings is 1. The number of halogens is 4. The van der Waals surface area contributed by atoms with Crippen molar-refractivity contribution in [2.24, 2.45) is 0 Å². The zero-order valence-electron chi connectivity index (χ0n) is 20.3. The third-order valence-corrected chi connectivity index (χ3v) is 6.37. The Morgan fingerprint density at radius 2 is 1.82 bits per heavy atom. The van der Waals surface area contributed by atoms with Crippen LogP contribution < -0.4 is 15.4 Å². The van der Waals surface area contributed by atoms with Gasteiger partial charge in [0.25, 0.3) is 11.8 Å². The van der Waals surface area contributed by atoms with Crippen molar-refractivity contribution >= 4 is 33.2 Å². The van der Waals surface area contributed by atoms with E-state index in [0.29, 0.717) is 6.54 Å². The number of nitrogens with zero attached hydrogens (tertiary/aromatic N) is 3. The molecule has 0 aliphatic carbocycles. The summed E-state index contributed by atoms with van der Waals surface area (Å²) >= 11 is 1.56. The predicted molar refractivity (Wildman–Crippen MR) is 135 cm³/mol. The van der Waals surface area contributed by atoms with Crippen LogP contribution in [0, 0.1) is 0 Å². The van der Waals surface area contributed by atoms with E-state index in [2.05, 4.69) is 15.6 Å². The Hall–Kier alpha value is -4.04. The quantitative estimate of drug-likeness (QED) is 0.198. The summed E-state index contributed by atoms with van der Waals surface area (Å²) in [5.41, 5.74) is 0.188. The average Bonchev–Trinajstić information content (AvgIpc) is 3.57. The number of hydrogen-bond donors (Lipinski definition) is 2. The first kappa shape index (κ1) is 28.0. The number of amides is 2. The smallest absolute Gasteiger partial charge is 0.405 e. The Morgan fingerprint density at radius 1 is 1.00 bits per heavy atom. The van der Waals surface area contributed by atoms with E-state index in [1.165, 1.54) is 29.1 Å². The van der Waals surface area contributed by atoms with Gasteiger partial charge in [-0.3, -0.25) is 9.59 Å². The van der Waals surface area contributed by atoms with Gasteiger partial charge < -0.3 is 20.1 Å². The minimum Gasteiger partial charge on any atom is -0.489 e. The van der Waals surface area contributed by atoms with Crippen LogP contribution >= 0.6 is 11.3 Å². The van der Waals surface area contributed by atoms with Gasteiger partial charge >= 0.3 is 6.18 Å². The summed E-state index contributed by atoms with van der Waals surface area (Å²) < 4.78 is 62.8. The highest BCUT2D eigenvalue weighted by Gasteiger charge is 2.28. The highest BCUT2D eigenvalue weighted by atomic mass is 32.1. The molecular weight excluding hydrogens is 542 g/mol. The Labute approximate surface area is 223 Å². The maximum Gasteiger partial charge on any atom is 0.405 e. The second kappa shape index (κ2) is 12.7. The second-order valence-electron chi connectivity index (χ2n) is 8.11. The van der Waals surface area contributed by atoms with Gasteiger partial charge in [0.05, 0.1) is 26.0 Å². The number of nitrogens with one attached hydrogen (secondary N) is 2. The van der Waals surface area contributed by atoms with Crippen LogP contribution in [0.2, 0.25) is 0 Å². The van der Waals surface area contributed by atoms with Crippen LogP contribution in [0.3, 0.4) is 0 Å². The van der Waals surface area contributed by atoms with Gasteiger partial charge in [0, 0.05) is 15.1 Å². The lowest BCUT2D eigenvalue weighted by Crippen LogP contribution is -2.33. The number of rotatable bonds is 12. The summed E-state index contributed by atoms with van der Waals surface area (Å²) in [5, 5.41) is 13.5. The number of alkyl halides is 4. The first-order valence-electron chi connectivity index (χ1n) is 11.7. The van der Waals surface area contributed by atoms with E-state index in [1.807, 2.05) is 30.3 Å². The molecule has 0 radical (unpaired) electrons. The van der Waals surface area contributed by atoms with E-state index in [0.717, 1.165) is 15.0 Å². The van der Waals surface area contributed by atoms with Gasteiger partial charge in [0.15, 0.2) is 5.69 Å². The molecule has 2 amide bonds. The Balaban J connectivity index is 1.47. The molecule has 0 atom stereocenters. The molecule has 4 aromatic rings. The third kappa shape index (κ3) is 7.74. The number of aromatic nitrogens is 3. The molecule has 0 aliphatic rings. The fourth-order valence-corrected chi connectivity index (χ4v) is 4.48. The lowest BCUT2D eigenvalue weighted by molar-refractivity contribution is -0.123. The number of ether oxygens (including phenoxy) is 2. The van der Waals surface area contributed by atoms with Crippen molar-refractivity contribution in [2.75, 3.05) is 33.0 Å². The highest BCUT2D eigenvalue weighted by molar-refractivity contribution is 7.19. The van der Waals surface area contributed by atoms with Gasteiger partial charge in [0.2, 0.25) is 0 Å². The lowest BCUT2D eigenvalue weighted by Gasteiger charge is -2.14. The fraction of sp³-hybridized carbons (Fsp3) is 0.280. The van der Waals surface area contributed by atoms with E-state index >= 15 is 0 Å². The van der Waals surface area contributed by atoms with E-state index in [9.17, 15) is 27.2 Å². The summed E-state index contributed by atoms with van der Waals surface area (Å²) in [6.45, 7) is -2.02. The molecular formula is C25H23F4N5O4S. The fourth-order valence-electron chi connectivity index (χ4n) is 3.48. The summed E-state index contributed by atoms with van der Waals surface area (Å²) in [4.78, 5) is 25.9. The molecule has 0 fully saturated rings. The van der Waals surface area contributed by atoms with Gasteiger partial charge in [-0.2, -0.15) is 13.2 Å². The molecule has 14 heteroatoms. The third-order valence-electron chi connectivity index (χ3n) is 5.25. The highest BCUT2D eigenvalue weighted by Crippen LogP contribution is 2.26. The van der Waals surface area contributed by atoms with Crippen molar-refractivity contribution in [1.29, 1.82) is 0 Å². The molecule has 2 heterocycles. The van der Waals surface area contributed by atoms with Crippen LogP contribution in [0.15, 0.2) is 54.7 Å². The Kier molecular flexibility index (Phi) is 9.09. The van der Waals surface area contributed by atoms with Crippen molar-refractivity contribution in [3.63, 3.8) is 0 Å². The van der Waals surface area contributed by atoms with Crippen molar-refractivity contribution < 1.29 is 36.6 Å². The van der Waals surface area contributed by atoms with Crippen molar-refractivity contribution in [1.82, 2.24) is 25.6 Å². The van der Waals surface area contributed by atoms with E-state index in [1.54, 1.807) is 16.7 Å². The number of fused-ring (bicyclic) bond motifs is 1. The summed E-state index contributed by atoms with van der Waals surface area (Å²) in [5.74, 6) is -1.36. The van der Waals surface area contributed by atoms with E-state index in [4.69, 9.17) is 9.47 Å². The van der Waals surface area contributed by atoms with Gasteiger partial charge in [-0.05, 0) is 35.7 Å². The maximum absolute atomic E-state index is 12.7. The first-order chi connectivity index (χ1) is 18.7. The van der Waals surface area contributed by atoms with Gasteiger partial charge in [-0.15, -0.1) is 16.4 Å². The standard InChI is InChI=1S/C25H23F4N5O4S/c26-7-8-37-9-10-38-21-12-17(23(35)31-15-25(27,28)29)5-6-20(21)34-14-19(32-33-34)24(36)30-13-18-11-16-3-1-2-4-22(16)39-18/h1-6,11-12,14H,7-10,13,15H2,(H,30,36)(H,31,35). The topological polar surface area (TPSA) is 107 Å². The monoisotopic (exact) mass is 565 g/mol. The summed E-state index contributed by atoms with van der Waals surface area (Å²) in [6.07, 6.45) is -3.22. The van der Waals surface area contributed by atoms with Gasteiger partial charge in [-0.25, -0.2) is 9.07 Å². The molecule has 4 rings (SSSR count). The minimum absolute atomic E-state index is 0.0142. The maximum atomic E-state index is 12.7. The van der Waals surface area contributed by atoms with Crippen LogP contribution in [0.4, 0.5) is 17.6 Å². The zero-order chi connectivity index (χ0) is 27.8. The van der Waals surface area contributed by atoms with Crippen LogP contribution in [0.5, 0.6) is 5.75 Å². The molecule has 0 aliphatic heterocycles. The van der Waals surface area contributed by atoms with Crippen LogP contribution in [0.25, 0.3) is 15.8 Å². The normalized spacial score (nSPS) is 11.5. The average molecular weight is 566 g/mol. The molecule has 0 unspecified atom stereocenters.